The molecular weight excluding hydrogens is 386 g/mol. The van der Waals surface area contributed by atoms with Crippen LogP contribution in [0.4, 0.5) is 0 Å². The number of benzene rings is 2. The molecule has 0 unspecified atom stereocenters. The number of pyridine rings is 1. The third-order valence-corrected chi connectivity index (χ3v) is 5.21. The van der Waals surface area contributed by atoms with Gasteiger partial charge in [-0.3, -0.25) is 9.59 Å². The minimum Gasteiger partial charge on any atom is -0.466 e. The summed E-state index contributed by atoms with van der Waals surface area (Å²) >= 11 is 0. The van der Waals surface area contributed by atoms with Gasteiger partial charge in [0, 0.05) is 18.2 Å². The molecule has 0 bridgehead atoms. The van der Waals surface area contributed by atoms with Crippen LogP contribution in [-0.4, -0.2) is 17.1 Å². The second kappa shape index (κ2) is 11.1. The Labute approximate surface area is 183 Å². The summed E-state index contributed by atoms with van der Waals surface area (Å²) in [5, 5.41) is 0. The summed E-state index contributed by atoms with van der Waals surface area (Å²) in [4.78, 5) is 24.8. The number of nitrogens with zero attached hydrogens (tertiary/aromatic N) is 1. The third-order valence-electron chi connectivity index (χ3n) is 5.21. The van der Waals surface area contributed by atoms with Crippen molar-refractivity contribution in [2.24, 2.45) is 0 Å². The number of hydrogen-bond donors (Lipinski definition) is 0. The Balaban J connectivity index is 1.93. The molecule has 0 aliphatic carbocycles. The summed E-state index contributed by atoms with van der Waals surface area (Å²) in [5.74, 6) is -0.182. The predicted molar refractivity (Wildman–Crippen MR) is 126 cm³/mol. The second-order valence-corrected chi connectivity index (χ2v) is 7.51. The molecule has 3 rings (SSSR count). The van der Waals surface area contributed by atoms with Crippen LogP contribution in [0.3, 0.4) is 0 Å². The average Bonchev–Trinajstić information content (AvgIpc) is 2.78. The molecule has 3 aromatic rings. The Bertz CT molecular complexity index is 1080. The van der Waals surface area contributed by atoms with Crippen LogP contribution in [0.25, 0.3) is 12.2 Å². The molecule has 0 aliphatic heterocycles. The first-order valence-corrected chi connectivity index (χ1v) is 10.7. The van der Waals surface area contributed by atoms with Crippen LogP contribution in [0.1, 0.15) is 47.6 Å². The lowest BCUT2D eigenvalue weighted by Crippen LogP contribution is -2.24. The summed E-state index contributed by atoms with van der Waals surface area (Å²) < 4.78 is 6.82. The monoisotopic (exact) mass is 415 g/mol. The largest absolute Gasteiger partial charge is 0.466 e. The first-order chi connectivity index (χ1) is 15.1. The van der Waals surface area contributed by atoms with E-state index in [1.54, 1.807) is 4.57 Å². The molecule has 0 saturated carbocycles. The Morgan fingerprint density at radius 2 is 1.68 bits per heavy atom. The lowest BCUT2D eigenvalue weighted by Gasteiger charge is -2.15. The normalized spacial score (nSPS) is 11.0. The molecule has 0 amide bonds. The molecule has 0 spiro atoms. The molecule has 4 nitrogen and oxygen atoms in total. The number of hydrogen-bond acceptors (Lipinski definition) is 3. The van der Waals surface area contributed by atoms with E-state index in [1.807, 2.05) is 92.9 Å². The average molecular weight is 416 g/mol. The van der Waals surface area contributed by atoms with Crippen molar-refractivity contribution in [3.05, 3.63) is 105 Å². The van der Waals surface area contributed by atoms with Crippen molar-refractivity contribution in [2.75, 3.05) is 6.61 Å². The van der Waals surface area contributed by atoms with Gasteiger partial charge in [-0.2, -0.15) is 0 Å². The van der Waals surface area contributed by atoms with Gasteiger partial charge in [-0.1, -0.05) is 72.8 Å². The highest BCUT2D eigenvalue weighted by Gasteiger charge is 2.12. The zero-order valence-electron chi connectivity index (χ0n) is 18.2. The van der Waals surface area contributed by atoms with Crippen LogP contribution in [0, 0.1) is 6.92 Å². The highest BCUT2D eigenvalue weighted by atomic mass is 16.5. The van der Waals surface area contributed by atoms with Crippen LogP contribution in [0.2, 0.25) is 0 Å². The van der Waals surface area contributed by atoms with Gasteiger partial charge in [0.1, 0.15) is 0 Å². The van der Waals surface area contributed by atoms with Crippen LogP contribution in [0.5, 0.6) is 0 Å². The topological polar surface area (TPSA) is 48.3 Å². The number of aryl methyl sites for hydroxylation is 1. The van der Waals surface area contributed by atoms with Gasteiger partial charge in [0.25, 0.3) is 5.56 Å². The van der Waals surface area contributed by atoms with Gasteiger partial charge in [0.2, 0.25) is 0 Å². The number of rotatable bonds is 9. The fourth-order valence-corrected chi connectivity index (χ4v) is 3.62. The minimum absolute atomic E-state index is 0.00528. The highest BCUT2D eigenvalue weighted by Crippen LogP contribution is 2.19. The van der Waals surface area contributed by atoms with E-state index < -0.39 is 0 Å². The van der Waals surface area contributed by atoms with Crippen LogP contribution < -0.4 is 5.56 Å². The second-order valence-electron chi connectivity index (χ2n) is 7.51. The van der Waals surface area contributed by atoms with Crippen molar-refractivity contribution in [3.8, 4) is 0 Å². The summed E-state index contributed by atoms with van der Waals surface area (Å²) in [6, 6.07) is 20.0. The number of ether oxygens (including phenoxy) is 1. The summed E-state index contributed by atoms with van der Waals surface area (Å²) in [7, 11) is 0. The fraction of sp³-hybridized carbons (Fsp3) is 0.259. The molecule has 0 aliphatic rings. The molecule has 0 saturated heterocycles. The van der Waals surface area contributed by atoms with Crippen molar-refractivity contribution in [1.82, 2.24) is 4.57 Å². The van der Waals surface area contributed by atoms with E-state index in [9.17, 15) is 9.59 Å². The lowest BCUT2D eigenvalue weighted by atomic mass is 9.98. The molecule has 2 aromatic carbocycles. The van der Waals surface area contributed by atoms with Crippen LogP contribution in [0.15, 0.2) is 71.7 Å². The van der Waals surface area contributed by atoms with Crippen LogP contribution >= 0.6 is 0 Å². The van der Waals surface area contributed by atoms with E-state index in [4.69, 9.17) is 4.74 Å². The number of aromatic nitrogens is 1. The molecule has 0 radical (unpaired) electrons. The van der Waals surface area contributed by atoms with E-state index in [0.29, 0.717) is 32.4 Å². The Morgan fingerprint density at radius 3 is 2.35 bits per heavy atom. The van der Waals surface area contributed by atoms with Gasteiger partial charge >= 0.3 is 5.97 Å². The zero-order chi connectivity index (χ0) is 22.1. The Hall–Kier alpha value is -3.40. The zero-order valence-corrected chi connectivity index (χ0v) is 18.2. The molecule has 1 heterocycles. The van der Waals surface area contributed by atoms with E-state index in [1.165, 1.54) is 0 Å². The van der Waals surface area contributed by atoms with Crippen molar-refractivity contribution >= 4 is 18.1 Å². The maximum atomic E-state index is 13.1. The van der Waals surface area contributed by atoms with Gasteiger partial charge in [-0.15, -0.1) is 0 Å². The first-order valence-electron chi connectivity index (χ1n) is 10.7. The molecule has 160 valence electrons. The Kier molecular flexibility index (Phi) is 7.99. The van der Waals surface area contributed by atoms with Gasteiger partial charge in [0.15, 0.2) is 0 Å². The molecule has 0 N–H and O–H groups in total. The van der Waals surface area contributed by atoms with Gasteiger partial charge in [-0.25, -0.2) is 0 Å². The first kappa shape index (κ1) is 22.3. The Morgan fingerprint density at radius 1 is 1.00 bits per heavy atom. The third kappa shape index (κ3) is 6.29. The number of esters is 1. The molecule has 31 heavy (non-hydrogen) atoms. The number of carbonyl (C=O) groups is 1. The van der Waals surface area contributed by atoms with Crippen molar-refractivity contribution in [3.63, 3.8) is 0 Å². The summed E-state index contributed by atoms with van der Waals surface area (Å²) in [6.45, 7) is 4.61. The summed E-state index contributed by atoms with van der Waals surface area (Å²) in [5.41, 5.74) is 4.87. The fourth-order valence-electron chi connectivity index (χ4n) is 3.62. The maximum Gasteiger partial charge on any atom is 0.305 e. The van der Waals surface area contributed by atoms with Crippen molar-refractivity contribution in [1.29, 1.82) is 0 Å². The molecule has 0 fully saturated rings. The van der Waals surface area contributed by atoms with Crippen molar-refractivity contribution < 1.29 is 9.53 Å². The molecular formula is C27H29NO3. The number of carbonyl (C=O) groups excluding carboxylic acids is 1. The molecule has 0 atom stereocenters. The van der Waals surface area contributed by atoms with Gasteiger partial charge in [0.05, 0.1) is 13.2 Å². The maximum absolute atomic E-state index is 13.1. The molecule has 4 heteroatoms. The minimum atomic E-state index is -0.182. The van der Waals surface area contributed by atoms with E-state index in [-0.39, 0.29) is 11.5 Å². The van der Waals surface area contributed by atoms with Gasteiger partial charge in [-0.05, 0) is 48.9 Å². The molecule has 1 aromatic heterocycles. The standard InChI is InChI=1S/C27H29NO3/c1-3-31-26(29)16-10-15-24-20-28(19-23-13-8-5-9-14-23)27(30)21(2)25(24)18-17-22-11-6-4-7-12-22/h4-9,11-14,17-18,20H,3,10,15-16,19H2,1-2H3/b18-17+. The smallest absolute Gasteiger partial charge is 0.305 e. The quantitative estimate of drug-likeness (QED) is 0.448. The van der Waals surface area contributed by atoms with Crippen LogP contribution in [-0.2, 0) is 22.5 Å². The highest BCUT2D eigenvalue weighted by molar-refractivity contribution is 5.73. The summed E-state index contributed by atoms with van der Waals surface area (Å²) in [6.07, 6.45) is 7.72. The SMILES string of the molecule is CCOC(=O)CCCc1cn(Cc2ccccc2)c(=O)c(C)c1/C=C/c1ccccc1. The lowest BCUT2D eigenvalue weighted by molar-refractivity contribution is -0.143. The van der Waals surface area contributed by atoms with E-state index >= 15 is 0 Å². The van der Waals surface area contributed by atoms with E-state index in [0.717, 1.165) is 27.8 Å². The van der Waals surface area contributed by atoms with Crippen molar-refractivity contribution in [2.45, 2.75) is 39.7 Å². The van der Waals surface area contributed by atoms with E-state index in [2.05, 4.69) is 0 Å². The predicted octanol–water partition coefficient (Wildman–Crippen LogP) is 5.26. The van der Waals surface area contributed by atoms with Gasteiger partial charge < -0.3 is 9.30 Å².